The summed E-state index contributed by atoms with van der Waals surface area (Å²) in [5, 5.41) is 13.0. The Balaban J connectivity index is 1.77. The van der Waals surface area contributed by atoms with Gasteiger partial charge in [-0.05, 0) is 44.1 Å². The van der Waals surface area contributed by atoms with Gasteiger partial charge in [-0.25, -0.2) is 0 Å². The van der Waals surface area contributed by atoms with E-state index in [2.05, 4.69) is 26.1 Å². The molecule has 0 aliphatic carbocycles. The summed E-state index contributed by atoms with van der Waals surface area (Å²) in [5.74, 6) is 0.304. The van der Waals surface area contributed by atoms with Crippen LogP contribution in [0, 0.1) is 0 Å². The molecule has 0 unspecified atom stereocenters. The Morgan fingerprint density at radius 2 is 2.00 bits per heavy atom. The lowest BCUT2D eigenvalue weighted by Gasteiger charge is -2.26. The number of halogens is 1. The van der Waals surface area contributed by atoms with Crippen molar-refractivity contribution < 1.29 is 5.11 Å². The number of hydrogen-bond donors (Lipinski definition) is 2. The lowest BCUT2D eigenvalue weighted by atomic mass is 10.1. The molecule has 0 saturated carbocycles. The summed E-state index contributed by atoms with van der Waals surface area (Å²) in [6.45, 7) is 4.37. The molecule has 1 aromatic rings. The third kappa shape index (κ3) is 3.89. The SMILES string of the molecule is Oc1cc(Br)ccc1NCCN1CCCCC1. The molecule has 1 fully saturated rings. The molecule has 3 nitrogen and oxygen atoms in total. The van der Waals surface area contributed by atoms with Gasteiger partial charge in [0.1, 0.15) is 5.75 Å². The number of piperidine rings is 1. The standard InChI is InChI=1S/C13H19BrN2O/c14-11-4-5-12(13(17)10-11)15-6-9-16-7-2-1-3-8-16/h4-5,10,15,17H,1-3,6-9H2. The molecular weight excluding hydrogens is 280 g/mol. The molecule has 1 aromatic carbocycles. The summed E-state index contributed by atoms with van der Waals surface area (Å²) < 4.78 is 0.900. The van der Waals surface area contributed by atoms with E-state index in [9.17, 15) is 5.11 Å². The number of benzene rings is 1. The van der Waals surface area contributed by atoms with E-state index in [4.69, 9.17) is 0 Å². The van der Waals surface area contributed by atoms with E-state index in [1.165, 1.54) is 32.4 Å². The molecule has 1 heterocycles. The molecular formula is C13H19BrN2O. The zero-order valence-electron chi connectivity index (χ0n) is 9.95. The molecule has 2 rings (SSSR count). The number of likely N-dealkylation sites (tertiary alicyclic amines) is 1. The predicted molar refractivity (Wildman–Crippen MR) is 74.6 cm³/mol. The van der Waals surface area contributed by atoms with Gasteiger partial charge in [0.05, 0.1) is 5.69 Å². The summed E-state index contributed by atoms with van der Waals surface area (Å²) in [5.41, 5.74) is 0.810. The van der Waals surface area contributed by atoms with Crippen LogP contribution in [0.5, 0.6) is 5.75 Å². The van der Waals surface area contributed by atoms with Crippen LogP contribution in [-0.2, 0) is 0 Å². The van der Waals surface area contributed by atoms with Crippen molar-refractivity contribution in [1.29, 1.82) is 0 Å². The molecule has 2 N–H and O–H groups in total. The molecule has 1 aliphatic heterocycles. The van der Waals surface area contributed by atoms with Crippen molar-refractivity contribution in [3.05, 3.63) is 22.7 Å². The zero-order chi connectivity index (χ0) is 12.1. The quantitative estimate of drug-likeness (QED) is 0.839. The smallest absolute Gasteiger partial charge is 0.139 e. The number of anilines is 1. The van der Waals surface area contributed by atoms with Crippen molar-refractivity contribution in [2.45, 2.75) is 19.3 Å². The Morgan fingerprint density at radius 3 is 2.71 bits per heavy atom. The van der Waals surface area contributed by atoms with Crippen molar-refractivity contribution in [1.82, 2.24) is 4.90 Å². The Bertz CT molecular complexity index is 364. The normalized spacial score (nSPS) is 17.0. The van der Waals surface area contributed by atoms with Gasteiger partial charge in [0.25, 0.3) is 0 Å². The molecule has 0 atom stereocenters. The van der Waals surface area contributed by atoms with Gasteiger partial charge in [-0.15, -0.1) is 0 Å². The minimum atomic E-state index is 0.304. The topological polar surface area (TPSA) is 35.5 Å². The fraction of sp³-hybridized carbons (Fsp3) is 0.538. The highest BCUT2D eigenvalue weighted by molar-refractivity contribution is 9.10. The molecule has 1 saturated heterocycles. The second kappa shape index (κ2) is 6.26. The molecule has 1 aliphatic rings. The second-order valence-corrected chi connectivity index (χ2v) is 5.41. The van der Waals surface area contributed by atoms with Gasteiger partial charge in [0, 0.05) is 17.6 Å². The van der Waals surface area contributed by atoms with Crippen LogP contribution in [0.3, 0.4) is 0 Å². The van der Waals surface area contributed by atoms with E-state index >= 15 is 0 Å². The third-order valence-corrected chi connectivity index (χ3v) is 3.65. The van der Waals surface area contributed by atoms with E-state index < -0.39 is 0 Å². The Kier molecular flexibility index (Phi) is 4.68. The highest BCUT2D eigenvalue weighted by atomic mass is 79.9. The number of nitrogens with zero attached hydrogens (tertiary/aromatic N) is 1. The number of phenols is 1. The zero-order valence-corrected chi connectivity index (χ0v) is 11.5. The van der Waals surface area contributed by atoms with Gasteiger partial charge in [0.15, 0.2) is 0 Å². The number of hydrogen-bond acceptors (Lipinski definition) is 3. The van der Waals surface area contributed by atoms with Crippen LogP contribution in [0.2, 0.25) is 0 Å². The Hall–Kier alpha value is -0.740. The van der Waals surface area contributed by atoms with Crippen molar-refractivity contribution in [2.24, 2.45) is 0 Å². The first-order chi connectivity index (χ1) is 8.25. The maximum atomic E-state index is 9.72. The minimum Gasteiger partial charge on any atom is -0.506 e. The van der Waals surface area contributed by atoms with Crippen LogP contribution in [0.1, 0.15) is 19.3 Å². The van der Waals surface area contributed by atoms with E-state index in [0.29, 0.717) is 5.75 Å². The molecule has 0 amide bonds. The van der Waals surface area contributed by atoms with E-state index in [-0.39, 0.29) is 0 Å². The Labute approximate surface area is 111 Å². The largest absolute Gasteiger partial charge is 0.506 e. The lowest BCUT2D eigenvalue weighted by molar-refractivity contribution is 0.237. The predicted octanol–water partition coefficient (Wildman–Crippen LogP) is 3.05. The number of nitrogens with one attached hydrogen (secondary N) is 1. The average molecular weight is 299 g/mol. The third-order valence-electron chi connectivity index (χ3n) is 3.15. The number of phenolic OH excluding ortho intramolecular Hbond substituents is 1. The van der Waals surface area contributed by atoms with E-state index in [0.717, 1.165) is 23.2 Å². The van der Waals surface area contributed by atoms with Gasteiger partial charge in [-0.1, -0.05) is 22.4 Å². The van der Waals surface area contributed by atoms with Crippen molar-refractivity contribution >= 4 is 21.6 Å². The molecule has 4 heteroatoms. The summed E-state index contributed by atoms with van der Waals surface area (Å²) in [6.07, 6.45) is 4.02. The van der Waals surface area contributed by atoms with Gasteiger partial charge in [-0.2, -0.15) is 0 Å². The second-order valence-electron chi connectivity index (χ2n) is 4.49. The minimum absolute atomic E-state index is 0.304. The highest BCUT2D eigenvalue weighted by Gasteiger charge is 2.09. The molecule has 0 bridgehead atoms. The number of aromatic hydroxyl groups is 1. The molecule has 0 radical (unpaired) electrons. The fourth-order valence-electron chi connectivity index (χ4n) is 2.19. The fourth-order valence-corrected chi connectivity index (χ4v) is 2.53. The first kappa shape index (κ1) is 12.7. The number of rotatable bonds is 4. The van der Waals surface area contributed by atoms with Gasteiger partial charge < -0.3 is 15.3 Å². The monoisotopic (exact) mass is 298 g/mol. The first-order valence-corrected chi connectivity index (χ1v) is 7.00. The maximum Gasteiger partial charge on any atom is 0.139 e. The highest BCUT2D eigenvalue weighted by Crippen LogP contribution is 2.26. The summed E-state index contributed by atoms with van der Waals surface area (Å²) in [6, 6.07) is 5.54. The van der Waals surface area contributed by atoms with E-state index in [1.807, 2.05) is 12.1 Å². The molecule has 94 valence electrons. The molecule has 0 spiro atoms. The van der Waals surface area contributed by atoms with Crippen LogP contribution >= 0.6 is 15.9 Å². The Morgan fingerprint density at radius 1 is 1.24 bits per heavy atom. The van der Waals surface area contributed by atoms with Gasteiger partial charge in [-0.3, -0.25) is 0 Å². The van der Waals surface area contributed by atoms with Gasteiger partial charge in [0.2, 0.25) is 0 Å². The van der Waals surface area contributed by atoms with Crippen molar-refractivity contribution in [3.63, 3.8) is 0 Å². The summed E-state index contributed by atoms with van der Waals surface area (Å²) in [7, 11) is 0. The van der Waals surface area contributed by atoms with E-state index in [1.54, 1.807) is 6.07 Å². The lowest BCUT2D eigenvalue weighted by Crippen LogP contribution is -2.33. The maximum absolute atomic E-state index is 9.72. The summed E-state index contributed by atoms with van der Waals surface area (Å²) >= 11 is 3.33. The van der Waals surface area contributed by atoms with Crippen molar-refractivity contribution in [2.75, 3.05) is 31.5 Å². The van der Waals surface area contributed by atoms with Crippen LogP contribution in [0.15, 0.2) is 22.7 Å². The average Bonchev–Trinajstić information content (AvgIpc) is 2.33. The molecule has 17 heavy (non-hydrogen) atoms. The van der Waals surface area contributed by atoms with Crippen LogP contribution in [-0.4, -0.2) is 36.2 Å². The van der Waals surface area contributed by atoms with Crippen molar-refractivity contribution in [3.8, 4) is 5.75 Å². The van der Waals surface area contributed by atoms with Crippen LogP contribution in [0.25, 0.3) is 0 Å². The first-order valence-electron chi connectivity index (χ1n) is 6.20. The summed E-state index contributed by atoms with van der Waals surface area (Å²) in [4.78, 5) is 2.48. The van der Waals surface area contributed by atoms with Crippen LogP contribution < -0.4 is 5.32 Å². The molecule has 0 aromatic heterocycles. The van der Waals surface area contributed by atoms with Gasteiger partial charge >= 0.3 is 0 Å². The van der Waals surface area contributed by atoms with Crippen LogP contribution in [0.4, 0.5) is 5.69 Å².